The number of benzene rings is 2. The molecule has 2 rings (SSSR count). The molecule has 0 bridgehead atoms. The average molecular weight is 279 g/mol. The van der Waals surface area contributed by atoms with Crippen molar-refractivity contribution in [3.8, 4) is 6.07 Å². The number of para-hydroxylation sites is 1. The van der Waals surface area contributed by atoms with Gasteiger partial charge < -0.3 is 10.6 Å². The Morgan fingerprint density at radius 3 is 2.38 bits per heavy atom. The molecule has 0 spiro atoms. The highest BCUT2D eigenvalue weighted by molar-refractivity contribution is 5.96. The number of nitrogens with zero attached hydrogens (tertiary/aromatic N) is 1. The Labute approximate surface area is 124 Å². The minimum absolute atomic E-state index is 0.0951. The van der Waals surface area contributed by atoms with Crippen LogP contribution in [0.15, 0.2) is 54.6 Å². The molecule has 4 nitrogen and oxygen atoms in total. The lowest BCUT2D eigenvalue weighted by Gasteiger charge is -2.15. The highest BCUT2D eigenvalue weighted by Gasteiger charge is 2.12. The molecule has 0 aromatic heterocycles. The number of carbonyl (C=O) groups is 1. The van der Waals surface area contributed by atoms with Crippen molar-refractivity contribution in [2.24, 2.45) is 0 Å². The second-order valence-electron chi connectivity index (χ2n) is 4.75. The maximum absolute atomic E-state index is 12.1. The normalized spacial score (nSPS) is 11.2. The first-order chi connectivity index (χ1) is 10.2. The molecule has 0 saturated heterocycles. The van der Waals surface area contributed by atoms with Crippen LogP contribution in [-0.2, 0) is 11.2 Å². The van der Waals surface area contributed by atoms with E-state index < -0.39 is 0 Å². The van der Waals surface area contributed by atoms with Crippen molar-refractivity contribution in [1.82, 2.24) is 0 Å². The number of rotatable bonds is 5. The fourth-order valence-corrected chi connectivity index (χ4v) is 1.90. The van der Waals surface area contributed by atoms with Crippen LogP contribution >= 0.6 is 0 Å². The SMILES string of the molecule is CC(Nc1ccc(CC#N)cc1)C(=O)Nc1ccccc1. The second kappa shape index (κ2) is 7.11. The van der Waals surface area contributed by atoms with Gasteiger partial charge in [-0.3, -0.25) is 4.79 Å². The van der Waals surface area contributed by atoms with E-state index in [4.69, 9.17) is 5.26 Å². The van der Waals surface area contributed by atoms with Gasteiger partial charge in [-0.25, -0.2) is 0 Å². The monoisotopic (exact) mass is 279 g/mol. The van der Waals surface area contributed by atoms with Crippen LogP contribution < -0.4 is 10.6 Å². The van der Waals surface area contributed by atoms with Crippen LogP contribution in [0.4, 0.5) is 11.4 Å². The van der Waals surface area contributed by atoms with Crippen LogP contribution in [0, 0.1) is 11.3 Å². The first-order valence-corrected chi connectivity index (χ1v) is 6.77. The molecule has 106 valence electrons. The number of carbonyl (C=O) groups excluding carboxylic acids is 1. The third-order valence-corrected chi connectivity index (χ3v) is 3.05. The van der Waals surface area contributed by atoms with Crippen molar-refractivity contribution < 1.29 is 4.79 Å². The van der Waals surface area contributed by atoms with Crippen LogP contribution in [0.5, 0.6) is 0 Å². The first-order valence-electron chi connectivity index (χ1n) is 6.77. The Hall–Kier alpha value is -2.80. The van der Waals surface area contributed by atoms with Gasteiger partial charge in [0.2, 0.25) is 5.91 Å². The van der Waals surface area contributed by atoms with E-state index in [1.165, 1.54) is 0 Å². The molecule has 1 atom stereocenters. The van der Waals surface area contributed by atoms with Crippen molar-refractivity contribution in [1.29, 1.82) is 5.26 Å². The standard InChI is InChI=1S/C17H17N3O/c1-13(17(21)20-15-5-3-2-4-6-15)19-16-9-7-14(8-10-16)11-12-18/h2-10,13,19H,11H2,1H3,(H,20,21). The summed E-state index contributed by atoms with van der Waals surface area (Å²) < 4.78 is 0. The second-order valence-corrected chi connectivity index (χ2v) is 4.75. The zero-order chi connectivity index (χ0) is 15.1. The van der Waals surface area contributed by atoms with Crippen molar-refractivity contribution in [2.75, 3.05) is 10.6 Å². The Balaban J connectivity index is 1.93. The molecule has 0 aliphatic rings. The topological polar surface area (TPSA) is 64.9 Å². The van der Waals surface area contributed by atoms with Crippen LogP contribution in [0.3, 0.4) is 0 Å². The Bertz CT molecular complexity index is 629. The minimum atomic E-state index is -0.355. The number of nitriles is 1. The van der Waals surface area contributed by atoms with Gasteiger partial charge in [-0.05, 0) is 36.8 Å². The molecule has 0 fully saturated rings. The van der Waals surface area contributed by atoms with Crippen molar-refractivity contribution in [3.63, 3.8) is 0 Å². The molecule has 0 heterocycles. The van der Waals surface area contributed by atoms with Gasteiger partial charge in [0.1, 0.15) is 6.04 Å². The molecule has 0 radical (unpaired) electrons. The summed E-state index contributed by atoms with van der Waals surface area (Å²) >= 11 is 0. The molecule has 2 aromatic carbocycles. The number of hydrogen-bond donors (Lipinski definition) is 2. The summed E-state index contributed by atoms with van der Waals surface area (Å²) in [6.07, 6.45) is 0.393. The Morgan fingerprint density at radius 2 is 1.76 bits per heavy atom. The van der Waals surface area contributed by atoms with E-state index >= 15 is 0 Å². The van der Waals surface area contributed by atoms with Crippen molar-refractivity contribution in [2.45, 2.75) is 19.4 Å². The third kappa shape index (κ3) is 4.36. The summed E-state index contributed by atoms with van der Waals surface area (Å²) in [5, 5.41) is 14.6. The first kappa shape index (κ1) is 14.6. The Morgan fingerprint density at radius 1 is 1.10 bits per heavy atom. The number of nitrogens with one attached hydrogen (secondary N) is 2. The van der Waals surface area contributed by atoms with E-state index in [1.807, 2.05) is 61.5 Å². The molecular weight excluding hydrogens is 262 g/mol. The number of amides is 1. The summed E-state index contributed by atoms with van der Waals surface area (Å²) in [5.74, 6) is -0.0951. The molecule has 21 heavy (non-hydrogen) atoms. The van der Waals surface area contributed by atoms with Crippen LogP contribution in [-0.4, -0.2) is 11.9 Å². The fraction of sp³-hybridized carbons (Fsp3) is 0.176. The summed E-state index contributed by atoms with van der Waals surface area (Å²) in [5.41, 5.74) is 2.59. The molecule has 0 aliphatic heterocycles. The quantitative estimate of drug-likeness (QED) is 0.883. The van der Waals surface area contributed by atoms with Gasteiger partial charge in [0.05, 0.1) is 12.5 Å². The zero-order valence-electron chi connectivity index (χ0n) is 11.8. The van der Waals surface area contributed by atoms with Gasteiger partial charge in [-0.2, -0.15) is 5.26 Å². The molecule has 1 unspecified atom stereocenters. The van der Waals surface area contributed by atoms with E-state index in [-0.39, 0.29) is 11.9 Å². The van der Waals surface area contributed by atoms with E-state index in [9.17, 15) is 4.79 Å². The summed E-state index contributed by atoms with van der Waals surface area (Å²) in [4.78, 5) is 12.1. The minimum Gasteiger partial charge on any atom is -0.374 e. The predicted octanol–water partition coefficient (Wildman–Crippen LogP) is 3.19. The summed E-state index contributed by atoms with van der Waals surface area (Å²) in [7, 11) is 0. The van der Waals surface area contributed by atoms with Gasteiger partial charge in [0.25, 0.3) is 0 Å². The molecule has 0 saturated carbocycles. The van der Waals surface area contributed by atoms with Crippen molar-refractivity contribution in [3.05, 3.63) is 60.2 Å². The van der Waals surface area contributed by atoms with Crippen LogP contribution in [0.2, 0.25) is 0 Å². The van der Waals surface area contributed by atoms with E-state index in [0.717, 1.165) is 16.9 Å². The predicted molar refractivity (Wildman–Crippen MR) is 83.9 cm³/mol. The van der Waals surface area contributed by atoms with E-state index in [1.54, 1.807) is 0 Å². The summed E-state index contributed by atoms with van der Waals surface area (Å²) in [6.45, 7) is 1.81. The molecule has 4 heteroatoms. The number of anilines is 2. The lowest BCUT2D eigenvalue weighted by molar-refractivity contribution is -0.116. The van der Waals surface area contributed by atoms with Crippen LogP contribution in [0.25, 0.3) is 0 Å². The smallest absolute Gasteiger partial charge is 0.246 e. The lowest BCUT2D eigenvalue weighted by Crippen LogP contribution is -2.31. The zero-order valence-corrected chi connectivity index (χ0v) is 11.8. The fourth-order valence-electron chi connectivity index (χ4n) is 1.90. The molecule has 0 aliphatic carbocycles. The van der Waals surface area contributed by atoms with Crippen molar-refractivity contribution >= 4 is 17.3 Å². The van der Waals surface area contributed by atoms with Gasteiger partial charge in [-0.15, -0.1) is 0 Å². The largest absolute Gasteiger partial charge is 0.374 e. The van der Waals surface area contributed by atoms with Gasteiger partial charge >= 0.3 is 0 Å². The number of hydrogen-bond acceptors (Lipinski definition) is 3. The maximum Gasteiger partial charge on any atom is 0.246 e. The van der Waals surface area contributed by atoms with Crippen LogP contribution in [0.1, 0.15) is 12.5 Å². The molecule has 2 aromatic rings. The molecule has 2 N–H and O–H groups in total. The molecular formula is C17H17N3O. The highest BCUT2D eigenvalue weighted by atomic mass is 16.2. The van der Waals surface area contributed by atoms with E-state index in [2.05, 4.69) is 16.7 Å². The molecule has 1 amide bonds. The van der Waals surface area contributed by atoms with Gasteiger partial charge in [-0.1, -0.05) is 30.3 Å². The maximum atomic E-state index is 12.1. The highest BCUT2D eigenvalue weighted by Crippen LogP contribution is 2.12. The average Bonchev–Trinajstić information content (AvgIpc) is 2.50. The Kier molecular flexibility index (Phi) is 4.94. The summed E-state index contributed by atoms with van der Waals surface area (Å²) in [6, 6.07) is 18.6. The van der Waals surface area contributed by atoms with E-state index in [0.29, 0.717) is 6.42 Å². The third-order valence-electron chi connectivity index (χ3n) is 3.05. The van der Waals surface area contributed by atoms with Gasteiger partial charge in [0.15, 0.2) is 0 Å². The van der Waals surface area contributed by atoms with Gasteiger partial charge in [0, 0.05) is 11.4 Å². The lowest BCUT2D eigenvalue weighted by atomic mass is 10.1.